The van der Waals surface area contributed by atoms with Gasteiger partial charge in [0.05, 0.1) is 0 Å². The highest BCUT2D eigenvalue weighted by molar-refractivity contribution is 5.91. The summed E-state index contributed by atoms with van der Waals surface area (Å²) in [4.78, 5) is 26.8. The second-order valence-electron chi connectivity index (χ2n) is 3.72. The van der Waals surface area contributed by atoms with Crippen molar-refractivity contribution in [1.82, 2.24) is 20.1 Å². The molecule has 0 saturated heterocycles. The topological polar surface area (TPSA) is 76.9 Å². The highest BCUT2D eigenvalue weighted by Crippen LogP contribution is 1.96. The molecule has 0 spiro atoms. The predicted molar refractivity (Wildman–Crippen MR) is 64.9 cm³/mol. The summed E-state index contributed by atoms with van der Waals surface area (Å²) >= 11 is 0. The highest BCUT2D eigenvalue weighted by Gasteiger charge is 2.07. The molecular weight excluding hydrogens is 232 g/mol. The number of hydrogen-bond acceptors (Lipinski definition) is 4. The van der Waals surface area contributed by atoms with Gasteiger partial charge in [0.25, 0.3) is 11.5 Å². The molecule has 2 aromatic rings. The fraction of sp³-hybridized carbons (Fsp3) is 0.167. The number of aryl methyl sites for hydroxylation is 1. The minimum atomic E-state index is -0.317. The van der Waals surface area contributed by atoms with Crippen molar-refractivity contribution in [2.45, 2.75) is 6.54 Å². The molecule has 0 aliphatic carbocycles. The zero-order valence-corrected chi connectivity index (χ0v) is 9.83. The number of rotatable bonds is 3. The number of aromatic nitrogens is 3. The molecule has 1 amide bonds. The van der Waals surface area contributed by atoms with Crippen molar-refractivity contribution in [2.75, 3.05) is 0 Å². The minimum Gasteiger partial charge on any atom is -0.347 e. The van der Waals surface area contributed by atoms with Crippen LogP contribution in [0.15, 0.2) is 41.5 Å². The quantitative estimate of drug-likeness (QED) is 0.831. The molecule has 0 bridgehead atoms. The number of carbonyl (C=O) groups is 1. The molecule has 0 aliphatic heterocycles. The van der Waals surface area contributed by atoms with Crippen molar-refractivity contribution in [3.8, 4) is 0 Å². The Kier molecular flexibility index (Phi) is 3.47. The van der Waals surface area contributed by atoms with Gasteiger partial charge in [-0.25, -0.2) is 4.68 Å². The summed E-state index contributed by atoms with van der Waals surface area (Å²) in [6, 6.07) is 6.35. The fourth-order valence-electron chi connectivity index (χ4n) is 1.40. The second kappa shape index (κ2) is 5.22. The van der Waals surface area contributed by atoms with E-state index in [0.717, 1.165) is 10.2 Å². The van der Waals surface area contributed by atoms with E-state index in [-0.39, 0.29) is 17.2 Å². The third-order valence-electron chi connectivity index (χ3n) is 2.40. The molecule has 0 fully saturated rings. The number of carbonyl (C=O) groups excluding carboxylic acids is 1. The Balaban J connectivity index is 2.04. The third-order valence-corrected chi connectivity index (χ3v) is 2.40. The molecule has 0 radical (unpaired) electrons. The van der Waals surface area contributed by atoms with E-state index in [9.17, 15) is 9.59 Å². The van der Waals surface area contributed by atoms with E-state index in [0.29, 0.717) is 6.54 Å². The van der Waals surface area contributed by atoms with E-state index >= 15 is 0 Å². The predicted octanol–water partition coefficient (Wildman–Crippen LogP) is 0.105. The van der Waals surface area contributed by atoms with Crippen molar-refractivity contribution in [1.29, 1.82) is 0 Å². The summed E-state index contributed by atoms with van der Waals surface area (Å²) in [7, 11) is 1.50. The number of nitrogens with one attached hydrogen (secondary N) is 1. The molecule has 2 aromatic heterocycles. The molecule has 2 rings (SSSR count). The summed E-state index contributed by atoms with van der Waals surface area (Å²) in [6.45, 7) is 0.395. The van der Waals surface area contributed by atoms with Crippen LogP contribution >= 0.6 is 0 Å². The van der Waals surface area contributed by atoms with Gasteiger partial charge in [-0.3, -0.25) is 14.6 Å². The van der Waals surface area contributed by atoms with Gasteiger partial charge in [-0.1, -0.05) is 0 Å². The van der Waals surface area contributed by atoms with Crippen LogP contribution in [-0.4, -0.2) is 20.7 Å². The van der Waals surface area contributed by atoms with Crippen LogP contribution in [0.1, 0.15) is 16.1 Å². The van der Waals surface area contributed by atoms with E-state index in [1.54, 1.807) is 12.4 Å². The van der Waals surface area contributed by atoms with Crippen LogP contribution in [0.3, 0.4) is 0 Å². The lowest BCUT2D eigenvalue weighted by Crippen LogP contribution is -2.28. The number of hydrogen-bond donors (Lipinski definition) is 1. The van der Waals surface area contributed by atoms with E-state index in [1.165, 1.54) is 19.2 Å². The van der Waals surface area contributed by atoms with E-state index in [4.69, 9.17) is 0 Å². The average Bonchev–Trinajstić information content (AvgIpc) is 2.40. The normalized spacial score (nSPS) is 10.1. The molecule has 2 heterocycles. The van der Waals surface area contributed by atoms with Crippen LogP contribution in [-0.2, 0) is 13.6 Å². The monoisotopic (exact) mass is 244 g/mol. The molecule has 0 unspecified atom stereocenters. The smallest absolute Gasteiger partial charge is 0.271 e. The third kappa shape index (κ3) is 2.79. The average molecular weight is 244 g/mol. The van der Waals surface area contributed by atoms with Crippen molar-refractivity contribution in [2.24, 2.45) is 7.05 Å². The van der Waals surface area contributed by atoms with Crippen molar-refractivity contribution in [3.63, 3.8) is 0 Å². The molecule has 1 N–H and O–H groups in total. The van der Waals surface area contributed by atoms with Crippen LogP contribution in [0, 0.1) is 0 Å². The van der Waals surface area contributed by atoms with Gasteiger partial charge < -0.3 is 5.32 Å². The Morgan fingerprint density at radius 1 is 1.28 bits per heavy atom. The van der Waals surface area contributed by atoms with Crippen LogP contribution in [0.4, 0.5) is 0 Å². The summed E-state index contributed by atoms with van der Waals surface area (Å²) in [5, 5.41) is 6.58. The Hall–Kier alpha value is -2.50. The van der Waals surface area contributed by atoms with Crippen LogP contribution < -0.4 is 10.9 Å². The minimum absolute atomic E-state index is 0.214. The standard InChI is InChI=1S/C12H12N4O2/c1-16-11(17)3-2-10(15-16)12(18)14-8-9-4-6-13-7-5-9/h2-7H,8H2,1H3,(H,14,18). The van der Waals surface area contributed by atoms with Crippen LogP contribution in [0.2, 0.25) is 0 Å². The van der Waals surface area contributed by atoms with Gasteiger partial charge >= 0.3 is 0 Å². The summed E-state index contributed by atoms with van der Waals surface area (Å²) < 4.78 is 1.13. The van der Waals surface area contributed by atoms with Crippen LogP contribution in [0.25, 0.3) is 0 Å². The maximum absolute atomic E-state index is 11.8. The molecule has 0 saturated carbocycles. The van der Waals surface area contributed by atoms with Crippen molar-refractivity contribution in [3.05, 3.63) is 58.3 Å². The maximum atomic E-state index is 11.8. The summed E-state index contributed by atoms with van der Waals surface area (Å²) in [6.07, 6.45) is 3.32. The van der Waals surface area contributed by atoms with Gasteiger partial charge in [-0.2, -0.15) is 5.10 Å². The number of nitrogens with zero attached hydrogens (tertiary/aromatic N) is 3. The van der Waals surface area contributed by atoms with E-state index in [2.05, 4.69) is 15.4 Å². The first-order chi connectivity index (χ1) is 8.66. The molecule has 0 aromatic carbocycles. The first kappa shape index (κ1) is 12.0. The number of amides is 1. The lowest BCUT2D eigenvalue weighted by atomic mass is 10.2. The Bertz CT molecular complexity index is 607. The van der Waals surface area contributed by atoms with Crippen molar-refractivity contribution >= 4 is 5.91 Å². The van der Waals surface area contributed by atoms with Crippen molar-refractivity contribution < 1.29 is 4.79 Å². The Labute approximate surface area is 103 Å². The first-order valence-electron chi connectivity index (χ1n) is 5.38. The molecule has 6 nitrogen and oxygen atoms in total. The largest absolute Gasteiger partial charge is 0.347 e. The van der Waals surface area contributed by atoms with Gasteiger partial charge in [0, 0.05) is 32.1 Å². The fourth-order valence-corrected chi connectivity index (χ4v) is 1.40. The Morgan fingerprint density at radius 3 is 2.67 bits per heavy atom. The summed E-state index contributed by atoms with van der Waals surface area (Å²) in [5.41, 5.74) is 0.912. The molecule has 0 aliphatic rings. The van der Waals surface area contributed by atoms with E-state index < -0.39 is 0 Å². The van der Waals surface area contributed by atoms with Crippen LogP contribution in [0.5, 0.6) is 0 Å². The van der Waals surface area contributed by atoms with Gasteiger partial charge in [-0.15, -0.1) is 0 Å². The van der Waals surface area contributed by atoms with Gasteiger partial charge in [-0.05, 0) is 23.8 Å². The lowest BCUT2D eigenvalue weighted by molar-refractivity contribution is 0.0943. The van der Waals surface area contributed by atoms with Gasteiger partial charge in [0.2, 0.25) is 0 Å². The summed E-state index contributed by atoms with van der Waals surface area (Å²) in [5.74, 6) is -0.317. The first-order valence-corrected chi connectivity index (χ1v) is 5.38. The molecule has 0 atom stereocenters. The maximum Gasteiger partial charge on any atom is 0.271 e. The second-order valence-corrected chi connectivity index (χ2v) is 3.72. The molecule has 6 heteroatoms. The van der Waals surface area contributed by atoms with E-state index in [1.807, 2.05) is 12.1 Å². The van der Waals surface area contributed by atoms with Gasteiger partial charge in [0.1, 0.15) is 5.69 Å². The zero-order valence-electron chi connectivity index (χ0n) is 9.83. The lowest BCUT2D eigenvalue weighted by Gasteiger charge is -2.05. The molecule has 92 valence electrons. The molecular formula is C12H12N4O2. The highest BCUT2D eigenvalue weighted by atomic mass is 16.2. The Morgan fingerprint density at radius 2 is 2.00 bits per heavy atom. The van der Waals surface area contributed by atoms with Gasteiger partial charge in [0.15, 0.2) is 0 Å². The SMILES string of the molecule is Cn1nc(C(=O)NCc2ccncc2)ccc1=O. The number of pyridine rings is 1. The molecule has 18 heavy (non-hydrogen) atoms. The zero-order chi connectivity index (χ0) is 13.0.